The number of amides is 2. The van der Waals surface area contributed by atoms with E-state index in [2.05, 4.69) is 4.90 Å². The fourth-order valence-corrected chi connectivity index (χ4v) is 2.46. The van der Waals surface area contributed by atoms with Crippen LogP contribution < -0.4 is 0 Å². The predicted octanol–water partition coefficient (Wildman–Crippen LogP) is 0.831. The molecule has 98 valence electrons. The Labute approximate surface area is 107 Å². The second-order valence-electron chi connectivity index (χ2n) is 4.67. The zero-order valence-corrected chi connectivity index (χ0v) is 11.1. The van der Waals surface area contributed by atoms with Crippen LogP contribution in [-0.2, 0) is 14.4 Å². The van der Waals surface area contributed by atoms with Gasteiger partial charge in [-0.05, 0) is 39.9 Å². The van der Waals surface area contributed by atoms with Crippen LogP contribution in [0.4, 0.5) is 0 Å². The summed E-state index contributed by atoms with van der Waals surface area (Å²) in [7, 11) is 2.04. The minimum atomic E-state index is -0.473. The minimum Gasteiger partial charge on any atom is -0.306 e. The summed E-state index contributed by atoms with van der Waals surface area (Å²) in [4.78, 5) is 31.1. The Balaban J connectivity index is 0.00000144. The Morgan fingerprint density at radius 2 is 1.88 bits per heavy atom. The van der Waals surface area contributed by atoms with Gasteiger partial charge in [0.05, 0.1) is 12.0 Å². The summed E-state index contributed by atoms with van der Waals surface area (Å²) in [5.41, 5.74) is -0.473. The standard InChI is InChI=1S/C11H18N2O3.ClH/c1-3-16-13-9(14)8-11(10(13)15)4-6-12(2)7-5-11;/h3-8H2,1-2H3;1H. The second kappa shape index (κ2) is 5.33. The first-order valence-electron chi connectivity index (χ1n) is 5.78. The highest BCUT2D eigenvalue weighted by atomic mass is 35.5. The maximum Gasteiger partial charge on any atom is 0.260 e. The number of imide groups is 1. The van der Waals surface area contributed by atoms with Crippen molar-refractivity contribution < 1.29 is 14.4 Å². The highest BCUT2D eigenvalue weighted by Crippen LogP contribution is 2.41. The van der Waals surface area contributed by atoms with Crippen LogP contribution in [0, 0.1) is 5.41 Å². The number of carbonyl (C=O) groups excluding carboxylic acids is 2. The first-order valence-corrected chi connectivity index (χ1v) is 5.78. The van der Waals surface area contributed by atoms with E-state index in [1.807, 2.05) is 7.05 Å². The molecule has 0 unspecified atom stereocenters. The Hall–Kier alpha value is -0.650. The first kappa shape index (κ1) is 14.4. The van der Waals surface area contributed by atoms with Crippen molar-refractivity contribution in [3.05, 3.63) is 0 Å². The van der Waals surface area contributed by atoms with Gasteiger partial charge < -0.3 is 4.90 Å². The molecule has 5 nitrogen and oxygen atoms in total. The van der Waals surface area contributed by atoms with Crippen LogP contribution in [0.15, 0.2) is 0 Å². The van der Waals surface area contributed by atoms with Crippen LogP contribution in [0.25, 0.3) is 0 Å². The molecule has 2 saturated heterocycles. The van der Waals surface area contributed by atoms with E-state index in [4.69, 9.17) is 4.84 Å². The van der Waals surface area contributed by atoms with E-state index >= 15 is 0 Å². The van der Waals surface area contributed by atoms with Gasteiger partial charge in [0.2, 0.25) is 0 Å². The maximum absolute atomic E-state index is 12.2. The summed E-state index contributed by atoms with van der Waals surface area (Å²) in [6.45, 7) is 3.88. The second-order valence-corrected chi connectivity index (χ2v) is 4.67. The van der Waals surface area contributed by atoms with Gasteiger partial charge in [0.25, 0.3) is 11.8 Å². The van der Waals surface area contributed by atoms with E-state index in [-0.39, 0.29) is 24.2 Å². The Morgan fingerprint density at radius 1 is 1.29 bits per heavy atom. The van der Waals surface area contributed by atoms with Gasteiger partial charge in [0.15, 0.2) is 0 Å². The average Bonchev–Trinajstić information content (AvgIpc) is 2.49. The number of rotatable bonds is 2. The number of nitrogens with zero attached hydrogens (tertiary/aromatic N) is 2. The molecule has 2 heterocycles. The van der Waals surface area contributed by atoms with Gasteiger partial charge in [0.1, 0.15) is 0 Å². The number of piperidine rings is 1. The predicted molar refractivity (Wildman–Crippen MR) is 64.5 cm³/mol. The summed E-state index contributed by atoms with van der Waals surface area (Å²) >= 11 is 0. The molecule has 0 bridgehead atoms. The monoisotopic (exact) mass is 262 g/mol. The van der Waals surface area contributed by atoms with Gasteiger partial charge in [-0.2, -0.15) is 5.06 Å². The van der Waals surface area contributed by atoms with Crippen LogP contribution in [0.2, 0.25) is 0 Å². The summed E-state index contributed by atoms with van der Waals surface area (Å²) in [5.74, 6) is -0.316. The molecule has 2 aliphatic rings. The van der Waals surface area contributed by atoms with Gasteiger partial charge in [0, 0.05) is 6.42 Å². The smallest absolute Gasteiger partial charge is 0.260 e. The largest absolute Gasteiger partial charge is 0.306 e. The minimum absolute atomic E-state index is 0. The number of likely N-dealkylation sites (tertiary alicyclic amines) is 1. The van der Waals surface area contributed by atoms with Crippen molar-refractivity contribution in [1.29, 1.82) is 0 Å². The van der Waals surface area contributed by atoms with Crippen LogP contribution in [-0.4, -0.2) is 48.5 Å². The van der Waals surface area contributed by atoms with E-state index in [9.17, 15) is 9.59 Å². The molecule has 2 fully saturated rings. The molecule has 2 aliphatic heterocycles. The molecule has 2 rings (SSSR count). The lowest BCUT2D eigenvalue weighted by molar-refractivity contribution is -0.189. The number of hydrogen-bond acceptors (Lipinski definition) is 4. The van der Waals surface area contributed by atoms with Gasteiger partial charge in [-0.25, -0.2) is 0 Å². The lowest BCUT2D eigenvalue weighted by Crippen LogP contribution is -2.43. The third kappa shape index (κ3) is 2.46. The van der Waals surface area contributed by atoms with Gasteiger partial charge in [-0.1, -0.05) is 0 Å². The van der Waals surface area contributed by atoms with E-state index < -0.39 is 5.41 Å². The number of hydroxylamine groups is 2. The van der Waals surface area contributed by atoms with E-state index in [0.717, 1.165) is 31.0 Å². The molecular formula is C11H19ClN2O3. The van der Waals surface area contributed by atoms with Crippen molar-refractivity contribution in [2.75, 3.05) is 26.7 Å². The summed E-state index contributed by atoms with van der Waals surface area (Å²) in [6.07, 6.45) is 1.84. The van der Waals surface area contributed by atoms with Crippen LogP contribution in [0.3, 0.4) is 0 Å². The highest BCUT2D eigenvalue weighted by molar-refractivity contribution is 6.04. The first-order chi connectivity index (χ1) is 7.59. The molecule has 0 N–H and O–H groups in total. The van der Waals surface area contributed by atoms with Gasteiger partial charge in [-0.15, -0.1) is 12.4 Å². The highest BCUT2D eigenvalue weighted by Gasteiger charge is 2.53. The Kier molecular flexibility index (Phi) is 4.52. The van der Waals surface area contributed by atoms with Crippen molar-refractivity contribution in [2.45, 2.75) is 26.2 Å². The van der Waals surface area contributed by atoms with Crippen molar-refractivity contribution in [2.24, 2.45) is 5.41 Å². The lowest BCUT2D eigenvalue weighted by Gasteiger charge is -2.35. The molecule has 0 aromatic carbocycles. The fraction of sp³-hybridized carbons (Fsp3) is 0.818. The van der Waals surface area contributed by atoms with E-state index in [0.29, 0.717) is 13.0 Å². The molecule has 2 amide bonds. The molecular weight excluding hydrogens is 244 g/mol. The van der Waals surface area contributed by atoms with E-state index in [1.165, 1.54) is 0 Å². The Morgan fingerprint density at radius 3 is 2.41 bits per heavy atom. The lowest BCUT2D eigenvalue weighted by atomic mass is 9.77. The molecule has 6 heteroatoms. The third-order valence-corrected chi connectivity index (χ3v) is 3.56. The van der Waals surface area contributed by atoms with Crippen molar-refractivity contribution in [3.8, 4) is 0 Å². The zero-order valence-electron chi connectivity index (χ0n) is 10.3. The van der Waals surface area contributed by atoms with Crippen LogP contribution in [0.1, 0.15) is 26.2 Å². The van der Waals surface area contributed by atoms with Gasteiger partial charge in [-0.3, -0.25) is 14.4 Å². The zero-order chi connectivity index (χ0) is 11.8. The Bertz CT molecular complexity index is 314. The normalized spacial score (nSPS) is 24.2. The van der Waals surface area contributed by atoms with Gasteiger partial charge >= 0.3 is 0 Å². The fourth-order valence-electron chi connectivity index (χ4n) is 2.46. The number of hydrogen-bond donors (Lipinski definition) is 0. The van der Waals surface area contributed by atoms with Crippen molar-refractivity contribution >= 4 is 24.2 Å². The number of carbonyl (C=O) groups is 2. The van der Waals surface area contributed by atoms with Crippen LogP contribution in [0.5, 0.6) is 0 Å². The molecule has 17 heavy (non-hydrogen) atoms. The third-order valence-electron chi connectivity index (χ3n) is 3.56. The SMILES string of the molecule is CCON1C(=O)CC2(CCN(C)CC2)C1=O.Cl. The molecule has 0 atom stereocenters. The van der Waals surface area contributed by atoms with Crippen molar-refractivity contribution in [3.63, 3.8) is 0 Å². The van der Waals surface area contributed by atoms with Crippen molar-refractivity contribution in [1.82, 2.24) is 9.96 Å². The molecule has 0 saturated carbocycles. The topological polar surface area (TPSA) is 49.9 Å². The molecule has 1 spiro atoms. The maximum atomic E-state index is 12.2. The molecule has 0 aliphatic carbocycles. The average molecular weight is 263 g/mol. The summed E-state index contributed by atoms with van der Waals surface area (Å²) in [6, 6.07) is 0. The summed E-state index contributed by atoms with van der Waals surface area (Å²) in [5, 5.41) is 0.978. The quantitative estimate of drug-likeness (QED) is 0.692. The molecule has 0 radical (unpaired) electrons. The molecule has 0 aromatic rings. The number of halogens is 1. The van der Waals surface area contributed by atoms with Crippen LogP contribution >= 0.6 is 12.4 Å². The van der Waals surface area contributed by atoms with E-state index in [1.54, 1.807) is 6.92 Å². The molecule has 0 aromatic heterocycles. The summed E-state index contributed by atoms with van der Waals surface area (Å²) < 4.78 is 0.